The Morgan fingerprint density at radius 1 is 0.885 bits per heavy atom. The van der Waals surface area contributed by atoms with Gasteiger partial charge in [-0.2, -0.15) is 4.31 Å². The van der Waals surface area contributed by atoms with E-state index in [4.69, 9.17) is 0 Å². The number of halogens is 1. The lowest BCUT2D eigenvalue weighted by Gasteiger charge is -2.37. The zero-order chi connectivity index (χ0) is 19.1. The third kappa shape index (κ3) is 3.41. The number of nitrogens with zero attached hydrogens (tertiary/aromatic N) is 1. The van der Waals surface area contributed by atoms with Crippen LogP contribution < -0.4 is 0 Å². The molecule has 0 radical (unpaired) electrons. The van der Waals surface area contributed by atoms with E-state index in [1.54, 1.807) is 24.3 Å². The molecule has 2 aromatic carbocycles. The largest absolute Gasteiger partial charge is 0.243 e. The molecule has 0 atom stereocenters. The summed E-state index contributed by atoms with van der Waals surface area (Å²) >= 11 is 0. The van der Waals surface area contributed by atoms with E-state index in [2.05, 4.69) is 0 Å². The molecule has 0 unspecified atom stereocenters. The van der Waals surface area contributed by atoms with Crippen molar-refractivity contribution in [2.45, 2.75) is 34.8 Å². The molecule has 0 spiro atoms. The van der Waals surface area contributed by atoms with Crippen LogP contribution in [0, 0.1) is 5.82 Å². The van der Waals surface area contributed by atoms with Crippen LogP contribution in [-0.4, -0.2) is 39.5 Å². The normalized spacial score (nSPS) is 16.6. The Bertz CT molecular complexity index is 992. The standard InChI is InChI=1S/C18H20FNO4S2/c1-13(2)14-3-7-17(8-4-14)26(23,24)20-11-18(12-20)25(21,22)16-9-5-15(19)6-10-16/h3-10,13,18H,11-12H2,1-2H3. The topological polar surface area (TPSA) is 71.5 Å². The van der Waals surface area contributed by atoms with Gasteiger partial charge in [0.2, 0.25) is 10.0 Å². The van der Waals surface area contributed by atoms with E-state index in [1.807, 2.05) is 13.8 Å². The van der Waals surface area contributed by atoms with Gasteiger partial charge in [0.25, 0.3) is 0 Å². The first-order chi connectivity index (χ1) is 12.1. The lowest BCUT2D eigenvalue weighted by molar-refractivity contribution is 0.309. The van der Waals surface area contributed by atoms with Gasteiger partial charge in [-0.3, -0.25) is 0 Å². The molecular formula is C18H20FNO4S2. The summed E-state index contributed by atoms with van der Waals surface area (Å²) in [5, 5.41) is -0.822. The Morgan fingerprint density at radius 3 is 1.88 bits per heavy atom. The van der Waals surface area contributed by atoms with Crippen molar-refractivity contribution in [3.8, 4) is 0 Å². The fourth-order valence-electron chi connectivity index (χ4n) is 2.78. The molecule has 1 saturated heterocycles. The molecule has 0 aliphatic carbocycles. The van der Waals surface area contributed by atoms with Crippen LogP contribution in [0.1, 0.15) is 25.3 Å². The van der Waals surface area contributed by atoms with Gasteiger partial charge in [-0.25, -0.2) is 21.2 Å². The van der Waals surface area contributed by atoms with Crippen LogP contribution in [0.25, 0.3) is 0 Å². The number of sulfone groups is 1. The zero-order valence-corrected chi connectivity index (χ0v) is 16.1. The fourth-order valence-corrected chi connectivity index (χ4v) is 6.16. The summed E-state index contributed by atoms with van der Waals surface area (Å²) in [5.74, 6) is -0.229. The molecule has 5 nitrogen and oxygen atoms in total. The first-order valence-electron chi connectivity index (χ1n) is 8.22. The first kappa shape index (κ1) is 19.0. The molecule has 0 N–H and O–H groups in total. The third-order valence-corrected chi connectivity index (χ3v) is 8.53. The molecule has 0 aromatic heterocycles. The van der Waals surface area contributed by atoms with Gasteiger partial charge >= 0.3 is 0 Å². The average Bonchev–Trinajstić information content (AvgIpc) is 2.53. The van der Waals surface area contributed by atoms with Crippen molar-refractivity contribution >= 4 is 19.9 Å². The number of hydrogen-bond donors (Lipinski definition) is 0. The fraction of sp³-hybridized carbons (Fsp3) is 0.333. The van der Waals surface area contributed by atoms with Crippen LogP contribution >= 0.6 is 0 Å². The minimum absolute atomic E-state index is 0.00207. The Kier molecular flexibility index (Phi) is 4.94. The van der Waals surface area contributed by atoms with E-state index in [0.717, 1.165) is 22.0 Å². The Labute approximate surface area is 153 Å². The summed E-state index contributed by atoms with van der Waals surface area (Å²) < 4.78 is 64.4. The summed E-state index contributed by atoms with van der Waals surface area (Å²) in [4.78, 5) is 0.154. The Hall–Kier alpha value is -1.77. The monoisotopic (exact) mass is 397 g/mol. The number of benzene rings is 2. The van der Waals surface area contributed by atoms with Crippen molar-refractivity contribution in [2.24, 2.45) is 0 Å². The van der Waals surface area contributed by atoms with Crippen LogP contribution in [-0.2, 0) is 19.9 Å². The summed E-state index contributed by atoms with van der Waals surface area (Å²) in [6.45, 7) is 3.83. The van der Waals surface area contributed by atoms with Crippen molar-refractivity contribution in [1.82, 2.24) is 4.31 Å². The molecule has 0 saturated carbocycles. The highest BCUT2D eigenvalue weighted by Gasteiger charge is 2.44. The van der Waals surface area contributed by atoms with E-state index >= 15 is 0 Å². The second-order valence-electron chi connectivity index (χ2n) is 6.67. The molecule has 1 aliphatic heterocycles. The predicted octanol–water partition coefficient (Wildman–Crippen LogP) is 2.80. The zero-order valence-electron chi connectivity index (χ0n) is 14.5. The van der Waals surface area contributed by atoms with Gasteiger partial charge in [0.15, 0.2) is 9.84 Å². The molecule has 1 fully saturated rings. The van der Waals surface area contributed by atoms with Gasteiger partial charge in [-0.1, -0.05) is 26.0 Å². The molecule has 0 amide bonds. The van der Waals surface area contributed by atoms with Crippen LogP contribution in [0.2, 0.25) is 0 Å². The number of hydrogen-bond acceptors (Lipinski definition) is 4. The minimum atomic E-state index is -3.72. The van der Waals surface area contributed by atoms with Crippen molar-refractivity contribution in [1.29, 1.82) is 0 Å². The van der Waals surface area contributed by atoms with E-state index in [9.17, 15) is 21.2 Å². The van der Waals surface area contributed by atoms with Gasteiger partial charge in [-0.15, -0.1) is 0 Å². The van der Waals surface area contributed by atoms with E-state index in [0.29, 0.717) is 5.92 Å². The van der Waals surface area contributed by atoms with Gasteiger partial charge in [0, 0.05) is 13.1 Å². The minimum Gasteiger partial charge on any atom is -0.223 e. The third-order valence-electron chi connectivity index (χ3n) is 4.58. The molecule has 1 heterocycles. The molecule has 26 heavy (non-hydrogen) atoms. The predicted molar refractivity (Wildman–Crippen MR) is 96.7 cm³/mol. The number of sulfonamides is 1. The maximum Gasteiger partial charge on any atom is 0.243 e. The summed E-state index contributed by atoms with van der Waals surface area (Å²) in [5.41, 5.74) is 1.03. The lowest BCUT2D eigenvalue weighted by atomic mass is 10.0. The van der Waals surface area contributed by atoms with Gasteiger partial charge < -0.3 is 0 Å². The summed E-state index contributed by atoms with van der Waals surface area (Å²) in [6, 6.07) is 11.2. The van der Waals surface area contributed by atoms with Crippen molar-refractivity contribution in [2.75, 3.05) is 13.1 Å². The molecule has 3 rings (SSSR count). The Balaban J connectivity index is 1.75. The SMILES string of the molecule is CC(C)c1ccc(S(=O)(=O)N2CC(S(=O)(=O)c3ccc(F)cc3)C2)cc1. The van der Waals surface area contributed by atoms with Crippen LogP contribution in [0.4, 0.5) is 4.39 Å². The van der Waals surface area contributed by atoms with E-state index < -0.39 is 30.9 Å². The van der Waals surface area contributed by atoms with Crippen molar-refractivity contribution in [3.05, 3.63) is 59.9 Å². The molecule has 0 bridgehead atoms. The highest BCUT2D eigenvalue weighted by atomic mass is 32.2. The first-order valence-corrected chi connectivity index (χ1v) is 11.2. The average molecular weight is 397 g/mol. The van der Waals surface area contributed by atoms with Crippen LogP contribution in [0.3, 0.4) is 0 Å². The Morgan fingerprint density at radius 2 is 1.38 bits per heavy atom. The van der Waals surface area contributed by atoms with E-state index in [-0.39, 0.29) is 22.9 Å². The molecule has 140 valence electrons. The number of rotatable bonds is 5. The summed E-state index contributed by atoms with van der Waals surface area (Å²) in [7, 11) is -7.40. The van der Waals surface area contributed by atoms with E-state index in [1.165, 1.54) is 12.1 Å². The van der Waals surface area contributed by atoms with Crippen molar-refractivity contribution < 1.29 is 21.2 Å². The smallest absolute Gasteiger partial charge is 0.223 e. The highest BCUT2D eigenvalue weighted by Crippen LogP contribution is 2.29. The highest BCUT2D eigenvalue weighted by molar-refractivity contribution is 7.92. The maximum absolute atomic E-state index is 13.0. The van der Waals surface area contributed by atoms with Crippen LogP contribution in [0.15, 0.2) is 58.3 Å². The van der Waals surface area contributed by atoms with Crippen LogP contribution in [0.5, 0.6) is 0 Å². The van der Waals surface area contributed by atoms with Crippen molar-refractivity contribution in [3.63, 3.8) is 0 Å². The lowest BCUT2D eigenvalue weighted by Crippen LogP contribution is -2.56. The quantitative estimate of drug-likeness (QED) is 0.728. The second-order valence-corrected chi connectivity index (χ2v) is 10.8. The van der Waals surface area contributed by atoms with Gasteiger partial charge in [-0.05, 0) is 47.9 Å². The molecule has 2 aromatic rings. The van der Waals surface area contributed by atoms with Gasteiger partial charge in [0.1, 0.15) is 5.82 Å². The summed E-state index contributed by atoms with van der Waals surface area (Å²) in [6.07, 6.45) is 0. The maximum atomic E-state index is 13.0. The molecule has 8 heteroatoms. The van der Waals surface area contributed by atoms with Gasteiger partial charge in [0.05, 0.1) is 15.0 Å². The second kappa shape index (κ2) is 6.75. The molecular weight excluding hydrogens is 377 g/mol. The molecule has 1 aliphatic rings.